The maximum Gasteiger partial charge on any atom is 0.406 e. The minimum atomic E-state index is -5.74. The Labute approximate surface area is 81.2 Å². The van der Waals surface area contributed by atoms with E-state index in [9.17, 15) is 30.7 Å². The maximum atomic E-state index is 13.1. The van der Waals surface area contributed by atoms with Crippen LogP contribution in [0.5, 0.6) is 0 Å². The van der Waals surface area contributed by atoms with E-state index in [1.807, 2.05) is 0 Å². The lowest BCUT2D eigenvalue weighted by Crippen LogP contribution is -2.51. The number of hydrogen-bond donors (Lipinski definition) is 0. The monoisotopic (exact) mass is 242 g/mol. The first-order valence-electron chi connectivity index (χ1n) is 3.89. The highest BCUT2D eigenvalue weighted by Gasteiger charge is 2.66. The topological polar surface area (TPSA) is 9.23 Å². The first-order chi connectivity index (χ1) is 6.43. The van der Waals surface area contributed by atoms with Crippen molar-refractivity contribution in [2.24, 2.45) is 5.92 Å². The van der Waals surface area contributed by atoms with Gasteiger partial charge in [-0.25, -0.2) is 4.39 Å². The predicted octanol–water partition coefficient (Wildman–Crippen LogP) is 3.45. The Morgan fingerprint density at radius 2 is 1.27 bits per heavy atom. The van der Waals surface area contributed by atoms with Gasteiger partial charge in [-0.15, -0.1) is 0 Å². The Morgan fingerprint density at radius 3 is 1.47 bits per heavy atom. The lowest BCUT2D eigenvalue weighted by Gasteiger charge is -2.32. The molecule has 1 nitrogen and oxygen atoms in total. The molecule has 0 fully saturated rings. The Bertz CT molecular complexity index is 190. The fraction of sp³-hybridized carbons (Fsp3) is 1.00. The standard InChI is InChI=1S/C7H9F7O/c1-3-15-5(2,8)4(6(9,10)11)7(12,13)14/h4H,3H2,1-2H3. The predicted molar refractivity (Wildman–Crippen MR) is 36.7 cm³/mol. The van der Waals surface area contributed by atoms with E-state index in [0.29, 0.717) is 0 Å². The molecular formula is C7H9F7O. The third-order valence-electron chi connectivity index (χ3n) is 1.60. The fourth-order valence-corrected chi connectivity index (χ4v) is 1.14. The third kappa shape index (κ3) is 3.84. The van der Waals surface area contributed by atoms with Crippen LogP contribution >= 0.6 is 0 Å². The molecule has 0 radical (unpaired) electrons. The molecule has 0 amide bonds. The second-order valence-corrected chi connectivity index (χ2v) is 2.94. The van der Waals surface area contributed by atoms with Crippen molar-refractivity contribution in [3.05, 3.63) is 0 Å². The molecule has 0 aromatic rings. The van der Waals surface area contributed by atoms with Crippen LogP contribution in [0, 0.1) is 5.92 Å². The molecule has 0 rings (SSSR count). The van der Waals surface area contributed by atoms with Crippen molar-refractivity contribution in [3.63, 3.8) is 0 Å². The van der Waals surface area contributed by atoms with E-state index in [-0.39, 0.29) is 6.92 Å². The molecular weight excluding hydrogens is 233 g/mol. The molecule has 0 aliphatic rings. The van der Waals surface area contributed by atoms with Crippen LogP contribution in [0.15, 0.2) is 0 Å². The number of ether oxygens (including phenoxy) is 1. The Morgan fingerprint density at radius 1 is 0.933 bits per heavy atom. The van der Waals surface area contributed by atoms with Gasteiger partial charge in [-0.2, -0.15) is 26.3 Å². The Balaban J connectivity index is 5.13. The van der Waals surface area contributed by atoms with Gasteiger partial charge in [0.1, 0.15) is 0 Å². The van der Waals surface area contributed by atoms with Crippen molar-refractivity contribution in [1.82, 2.24) is 0 Å². The van der Waals surface area contributed by atoms with E-state index in [1.54, 1.807) is 0 Å². The summed E-state index contributed by atoms with van der Waals surface area (Å²) in [4.78, 5) is 0. The first-order valence-corrected chi connectivity index (χ1v) is 3.89. The summed E-state index contributed by atoms with van der Waals surface area (Å²) in [5, 5.41) is 0. The van der Waals surface area contributed by atoms with Crippen LogP contribution in [0.4, 0.5) is 30.7 Å². The Hall–Kier alpha value is -0.530. The second kappa shape index (κ2) is 4.15. The molecule has 1 unspecified atom stereocenters. The highest BCUT2D eigenvalue weighted by Crippen LogP contribution is 2.47. The number of alkyl halides is 7. The van der Waals surface area contributed by atoms with Gasteiger partial charge >= 0.3 is 12.4 Å². The van der Waals surface area contributed by atoms with Crippen molar-refractivity contribution in [2.45, 2.75) is 32.1 Å². The quantitative estimate of drug-likeness (QED) is 0.689. The largest absolute Gasteiger partial charge is 0.406 e. The minimum absolute atomic E-state index is 0.113. The summed E-state index contributed by atoms with van der Waals surface area (Å²) in [7, 11) is 0. The van der Waals surface area contributed by atoms with E-state index >= 15 is 0 Å². The van der Waals surface area contributed by atoms with Crippen molar-refractivity contribution in [3.8, 4) is 0 Å². The van der Waals surface area contributed by atoms with Crippen molar-refractivity contribution in [1.29, 1.82) is 0 Å². The average molecular weight is 242 g/mol. The summed E-state index contributed by atoms with van der Waals surface area (Å²) in [6.07, 6.45) is -11.5. The second-order valence-electron chi connectivity index (χ2n) is 2.94. The van der Waals surface area contributed by atoms with Gasteiger partial charge in [0.15, 0.2) is 0 Å². The van der Waals surface area contributed by atoms with Crippen LogP contribution in [-0.2, 0) is 4.74 Å². The van der Waals surface area contributed by atoms with Crippen molar-refractivity contribution in [2.75, 3.05) is 6.61 Å². The normalized spacial score (nSPS) is 18.0. The van der Waals surface area contributed by atoms with E-state index in [2.05, 4.69) is 4.74 Å². The highest BCUT2D eigenvalue weighted by molar-refractivity contribution is 4.86. The zero-order chi connectivity index (χ0) is 12.5. The van der Waals surface area contributed by atoms with Crippen LogP contribution in [0.1, 0.15) is 13.8 Å². The van der Waals surface area contributed by atoms with Gasteiger partial charge in [0.2, 0.25) is 11.8 Å². The number of rotatable bonds is 3. The summed E-state index contributed by atoms with van der Waals surface area (Å²) in [5.74, 6) is -7.96. The lowest BCUT2D eigenvalue weighted by atomic mass is 10.00. The summed E-state index contributed by atoms with van der Waals surface area (Å²) < 4.78 is 88.9. The molecule has 92 valence electrons. The zero-order valence-electron chi connectivity index (χ0n) is 7.84. The SMILES string of the molecule is CCOC(C)(F)C(C(F)(F)F)C(F)(F)F. The van der Waals surface area contributed by atoms with Gasteiger partial charge < -0.3 is 4.74 Å². The molecule has 0 aliphatic heterocycles. The Kier molecular flexibility index (Phi) is 4.00. The van der Waals surface area contributed by atoms with E-state index in [4.69, 9.17) is 0 Å². The summed E-state index contributed by atoms with van der Waals surface area (Å²) in [6, 6.07) is 0. The summed E-state index contributed by atoms with van der Waals surface area (Å²) in [6.45, 7) is 0.624. The molecule has 8 heteroatoms. The molecule has 0 saturated heterocycles. The molecule has 0 aromatic heterocycles. The molecule has 0 spiro atoms. The van der Waals surface area contributed by atoms with Gasteiger partial charge in [-0.1, -0.05) is 0 Å². The first kappa shape index (κ1) is 14.5. The van der Waals surface area contributed by atoms with Crippen molar-refractivity contribution >= 4 is 0 Å². The molecule has 0 N–H and O–H groups in total. The molecule has 0 aliphatic carbocycles. The summed E-state index contributed by atoms with van der Waals surface area (Å²) in [5.41, 5.74) is 0. The molecule has 0 saturated carbocycles. The molecule has 0 heterocycles. The van der Waals surface area contributed by atoms with Crippen LogP contribution in [0.2, 0.25) is 0 Å². The van der Waals surface area contributed by atoms with Gasteiger partial charge in [-0.05, 0) is 13.8 Å². The van der Waals surface area contributed by atoms with Crippen LogP contribution in [0.3, 0.4) is 0 Å². The van der Waals surface area contributed by atoms with Crippen LogP contribution in [-0.4, -0.2) is 24.8 Å². The van der Waals surface area contributed by atoms with E-state index in [0.717, 1.165) is 6.92 Å². The molecule has 0 aromatic carbocycles. The third-order valence-corrected chi connectivity index (χ3v) is 1.60. The van der Waals surface area contributed by atoms with Gasteiger partial charge in [0.05, 0.1) is 0 Å². The van der Waals surface area contributed by atoms with E-state index in [1.165, 1.54) is 0 Å². The average Bonchev–Trinajstić information content (AvgIpc) is 1.75. The van der Waals surface area contributed by atoms with Crippen molar-refractivity contribution < 1.29 is 35.5 Å². The smallest absolute Gasteiger partial charge is 0.346 e. The van der Waals surface area contributed by atoms with E-state index < -0.39 is 30.7 Å². The number of halogens is 7. The lowest BCUT2D eigenvalue weighted by molar-refractivity contribution is -0.356. The molecule has 15 heavy (non-hydrogen) atoms. The highest BCUT2D eigenvalue weighted by atomic mass is 19.4. The maximum absolute atomic E-state index is 13.1. The van der Waals surface area contributed by atoms with Gasteiger partial charge in [-0.3, -0.25) is 0 Å². The minimum Gasteiger partial charge on any atom is -0.346 e. The summed E-state index contributed by atoms with van der Waals surface area (Å²) >= 11 is 0. The molecule has 0 bridgehead atoms. The van der Waals surface area contributed by atoms with Gasteiger partial charge in [0, 0.05) is 6.61 Å². The van der Waals surface area contributed by atoms with Crippen LogP contribution in [0.25, 0.3) is 0 Å². The zero-order valence-corrected chi connectivity index (χ0v) is 7.84. The fourth-order valence-electron chi connectivity index (χ4n) is 1.14. The van der Waals surface area contributed by atoms with Crippen LogP contribution < -0.4 is 0 Å². The molecule has 1 atom stereocenters. The van der Waals surface area contributed by atoms with Gasteiger partial charge in [0.25, 0.3) is 0 Å². The number of hydrogen-bond acceptors (Lipinski definition) is 1.